The van der Waals surface area contributed by atoms with Gasteiger partial charge in [-0.05, 0) is 32.4 Å². The summed E-state index contributed by atoms with van der Waals surface area (Å²) < 4.78 is 0. The third-order valence-corrected chi connectivity index (χ3v) is 4.13. The van der Waals surface area contributed by atoms with Crippen LogP contribution in [0.2, 0.25) is 0 Å². The van der Waals surface area contributed by atoms with Crippen LogP contribution < -0.4 is 10.6 Å². The topological polar surface area (TPSA) is 45.4 Å². The SMILES string of the molecule is CCC(C)N1CCN(c2ccc([C@H](C)N)nc2)CC1. The van der Waals surface area contributed by atoms with Crippen molar-refractivity contribution in [1.29, 1.82) is 0 Å². The minimum atomic E-state index is 0.0105. The monoisotopic (exact) mass is 262 g/mol. The fourth-order valence-electron chi connectivity index (χ4n) is 2.53. The quantitative estimate of drug-likeness (QED) is 0.902. The average molecular weight is 262 g/mol. The van der Waals surface area contributed by atoms with Crippen LogP contribution in [0.4, 0.5) is 5.69 Å². The summed E-state index contributed by atoms with van der Waals surface area (Å²) in [7, 11) is 0. The molecule has 1 aromatic heterocycles. The van der Waals surface area contributed by atoms with Crippen molar-refractivity contribution < 1.29 is 0 Å². The molecule has 0 aromatic carbocycles. The number of rotatable bonds is 4. The Morgan fingerprint density at radius 3 is 2.37 bits per heavy atom. The molecule has 0 spiro atoms. The number of pyridine rings is 1. The van der Waals surface area contributed by atoms with E-state index in [9.17, 15) is 0 Å². The zero-order chi connectivity index (χ0) is 13.8. The summed E-state index contributed by atoms with van der Waals surface area (Å²) in [6.45, 7) is 11.0. The molecule has 1 saturated heterocycles. The Morgan fingerprint density at radius 1 is 1.21 bits per heavy atom. The molecule has 1 aliphatic rings. The number of nitrogens with two attached hydrogens (primary N) is 1. The second kappa shape index (κ2) is 6.35. The Balaban J connectivity index is 1.94. The molecular formula is C15H26N4. The Morgan fingerprint density at radius 2 is 1.89 bits per heavy atom. The molecule has 4 nitrogen and oxygen atoms in total. The van der Waals surface area contributed by atoms with E-state index in [0.717, 1.165) is 31.9 Å². The fraction of sp³-hybridized carbons (Fsp3) is 0.667. The van der Waals surface area contributed by atoms with Crippen LogP contribution >= 0.6 is 0 Å². The minimum Gasteiger partial charge on any atom is -0.368 e. The summed E-state index contributed by atoms with van der Waals surface area (Å²) in [5, 5.41) is 0. The molecule has 1 aromatic rings. The van der Waals surface area contributed by atoms with Gasteiger partial charge in [-0.15, -0.1) is 0 Å². The highest BCUT2D eigenvalue weighted by Gasteiger charge is 2.20. The third-order valence-electron chi connectivity index (χ3n) is 4.13. The van der Waals surface area contributed by atoms with Gasteiger partial charge in [-0.3, -0.25) is 9.88 Å². The van der Waals surface area contributed by atoms with Crippen molar-refractivity contribution in [3.8, 4) is 0 Å². The summed E-state index contributed by atoms with van der Waals surface area (Å²) in [4.78, 5) is 9.43. The molecule has 19 heavy (non-hydrogen) atoms. The summed E-state index contributed by atoms with van der Waals surface area (Å²) in [6.07, 6.45) is 3.18. The molecule has 0 saturated carbocycles. The maximum atomic E-state index is 5.83. The van der Waals surface area contributed by atoms with Crippen molar-refractivity contribution in [3.63, 3.8) is 0 Å². The molecule has 4 heteroatoms. The maximum Gasteiger partial charge on any atom is 0.0569 e. The van der Waals surface area contributed by atoms with Gasteiger partial charge in [0.2, 0.25) is 0 Å². The zero-order valence-electron chi connectivity index (χ0n) is 12.3. The van der Waals surface area contributed by atoms with Crippen LogP contribution in [-0.4, -0.2) is 42.1 Å². The number of aromatic nitrogens is 1. The van der Waals surface area contributed by atoms with Crippen LogP contribution in [0.25, 0.3) is 0 Å². The summed E-state index contributed by atoms with van der Waals surface area (Å²) in [5.74, 6) is 0. The average Bonchev–Trinajstić information content (AvgIpc) is 2.46. The number of hydrogen-bond acceptors (Lipinski definition) is 4. The lowest BCUT2D eigenvalue weighted by Crippen LogP contribution is -2.49. The smallest absolute Gasteiger partial charge is 0.0569 e. The Kier molecular flexibility index (Phi) is 4.77. The number of hydrogen-bond donors (Lipinski definition) is 1. The van der Waals surface area contributed by atoms with Gasteiger partial charge in [-0.1, -0.05) is 6.92 Å². The lowest BCUT2D eigenvalue weighted by molar-refractivity contribution is 0.193. The highest BCUT2D eigenvalue weighted by molar-refractivity contribution is 5.45. The van der Waals surface area contributed by atoms with Gasteiger partial charge < -0.3 is 10.6 Å². The van der Waals surface area contributed by atoms with E-state index in [1.165, 1.54) is 12.1 Å². The molecule has 0 bridgehead atoms. The summed E-state index contributed by atoms with van der Waals surface area (Å²) in [6, 6.07) is 4.89. The number of anilines is 1. The van der Waals surface area contributed by atoms with Gasteiger partial charge in [0.05, 0.1) is 17.6 Å². The molecule has 106 valence electrons. The van der Waals surface area contributed by atoms with E-state index in [4.69, 9.17) is 5.73 Å². The Bertz CT molecular complexity index is 380. The Labute approximate surface area is 116 Å². The van der Waals surface area contributed by atoms with E-state index in [2.05, 4.69) is 34.7 Å². The van der Waals surface area contributed by atoms with Crippen LogP contribution in [0.15, 0.2) is 18.3 Å². The summed E-state index contributed by atoms with van der Waals surface area (Å²) in [5.41, 5.74) is 8.00. The first-order chi connectivity index (χ1) is 9.11. The van der Waals surface area contributed by atoms with Crippen LogP contribution in [0.1, 0.15) is 38.9 Å². The van der Waals surface area contributed by atoms with Crippen LogP contribution in [0, 0.1) is 0 Å². The predicted octanol–water partition coefficient (Wildman–Crippen LogP) is 2.02. The highest BCUT2D eigenvalue weighted by Crippen LogP contribution is 2.18. The largest absolute Gasteiger partial charge is 0.368 e. The lowest BCUT2D eigenvalue weighted by atomic mass is 10.1. The van der Waals surface area contributed by atoms with E-state index in [1.807, 2.05) is 19.2 Å². The molecule has 2 rings (SSSR count). The number of nitrogens with zero attached hydrogens (tertiary/aromatic N) is 3. The van der Waals surface area contributed by atoms with Gasteiger partial charge in [0.1, 0.15) is 0 Å². The maximum absolute atomic E-state index is 5.83. The first kappa shape index (κ1) is 14.3. The van der Waals surface area contributed by atoms with E-state index in [1.54, 1.807) is 0 Å². The Hall–Kier alpha value is -1.13. The molecule has 0 aliphatic carbocycles. The first-order valence-electron chi connectivity index (χ1n) is 7.32. The van der Waals surface area contributed by atoms with E-state index in [0.29, 0.717) is 6.04 Å². The standard InChI is InChI=1S/C15H26N4/c1-4-12(2)18-7-9-19(10-8-18)14-5-6-15(13(3)16)17-11-14/h5-6,11-13H,4,7-10,16H2,1-3H3/t12?,13-/m0/s1. The van der Waals surface area contributed by atoms with Crippen molar-refractivity contribution in [2.75, 3.05) is 31.1 Å². The van der Waals surface area contributed by atoms with Crippen molar-refractivity contribution in [1.82, 2.24) is 9.88 Å². The van der Waals surface area contributed by atoms with E-state index in [-0.39, 0.29) is 6.04 Å². The molecule has 2 N–H and O–H groups in total. The molecule has 0 radical (unpaired) electrons. The molecule has 2 atom stereocenters. The molecule has 1 unspecified atom stereocenters. The predicted molar refractivity (Wildman–Crippen MR) is 80.4 cm³/mol. The second-order valence-corrected chi connectivity index (χ2v) is 5.51. The molecular weight excluding hydrogens is 236 g/mol. The zero-order valence-corrected chi connectivity index (χ0v) is 12.3. The normalized spacial score (nSPS) is 20.3. The van der Waals surface area contributed by atoms with E-state index < -0.39 is 0 Å². The van der Waals surface area contributed by atoms with E-state index >= 15 is 0 Å². The van der Waals surface area contributed by atoms with Crippen molar-refractivity contribution in [2.45, 2.75) is 39.3 Å². The van der Waals surface area contributed by atoms with Gasteiger partial charge in [0.25, 0.3) is 0 Å². The molecule has 0 amide bonds. The van der Waals surface area contributed by atoms with Crippen molar-refractivity contribution in [2.24, 2.45) is 5.73 Å². The van der Waals surface area contributed by atoms with Crippen LogP contribution in [-0.2, 0) is 0 Å². The minimum absolute atomic E-state index is 0.0105. The van der Waals surface area contributed by atoms with Crippen molar-refractivity contribution in [3.05, 3.63) is 24.0 Å². The molecule has 2 heterocycles. The molecule has 1 aliphatic heterocycles. The van der Waals surface area contributed by atoms with Crippen molar-refractivity contribution >= 4 is 5.69 Å². The molecule has 1 fully saturated rings. The van der Waals surface area contributed by atoms with Gasteiger partial charge in [-0.25, -0.2) is 0 Å². The van der Waals surface area contributed by atoms with Gasteiger partial charge in [0.15, 0.2) is 0 Å². The van der Waals surface area contributed by atoms with Crippen LogP contribution in [0.3, 0.4) is 0 Å². The number of piperazine rings is 1. The third kappa shape index (κ3) is 3.45. The fourth-order valence-corrected chi connectivity index (χ4v) is 2.53. The van der Waals surface area contributed by atoms with Gasteiger partial charge in [0, 0.05) is 38.3 Å². The highest BCUT2D eigenvalue weighted by atomic mass is 15.3. The second-order valence-electron chi connectivity index (χ2n) is 5.51. The lowest BCUT2D eigenvalue weighted by Gasteiger charge is -2.38. The van der Waals surface area contributed by atoms with Gasteiger partial charge >= 0.3 is 0 Å². The first-order valence-corrected chi connectivity index (χ1v) is 7.32. The summed E-state index contributed by atoms with van der Waals surface area (Å²) >= 11 is 0. The van der Waals surface area contributed by atoms with Gasteiger partial charge in [-0.2, -0.15) is 0 Å². The van der Waals surface area contributed by atoms with Crippen LogP contribution in [0.5, 0.6) is 0 Å².